The minimum absolute atomic E-state index is 0.495. The number of nitrogens with zero attached hydrogens (tertiary/aromatic N) is 1. The summed E-state index contributed by atoms with van der Waals surface area (Å²) in [4.78, 5) is 2.61. The van der Waals surface area contributed by atoms with Crippen LogP contribution >= 0.6 is 0 Å². The molecular weight excluding hydrogens is 160 g/mol. The molecule has 2 N–H and O–H groups in total. The summed E-state index contributed by atoms with van der Waals surface area (Å²) in [6.07, 6.45) is 8.21. The third kappa shape index (κ3) is 2.44. The van der Waals surface area contributed by atoms with Gasteiger partial charge in [-0.25, -0.2) is 0 Å². The molecule has 2 rings (SSSR count). The van der Waals surface area contributed by atoms with Crippen molar-refractivity contribution < 1.29 is 0 Å². The molecule has 0 radical (unpaired) electrons. The van der Waals surface area contributed by atoms with Crippen LogP contribution in [0.4, 0.5) is 0 Å². The van der Waals surface area contributed by atoms with E-state index >= 15 is 0 Å². The fourth-order valence-electron chi connectivity index (χ4n) is 2.76. The van der Waals surface area contributed by atoms with Crippen LogP contribution in [-0.4, -0.2) is 30.6 Å². The summed E-state index contributed by atoms with van der Waals surface area (Å²) in [6.45, 7) is 3.92. The van der Waals surface area contributed by atoms with Gasteiger partial charge in [0.1, 0.15) is 0 Å². The second-order valence-electron chi connectivity index (χ2n) is 4.72. The van der Waals surface area contributed by atoms with Crippen molar-refractivity contribution in [2.45, 2.75) is 44.6 Å². The van der Waals surface area contributed by atoms with Crippen LogP contribution in [0.15, 0.2) is 0 Å². The largest absolute Gasteiger partial charge is 0.327 e. The van der Waals surface area contributed by atoms with E-state index < -0.39 is 0 Å². The summed E-state index contributed by atoms with van der Waals surface area (Å²) in [5, 5.41) is 0. The van der Waals surface area contributed by atoms with E-state index in [1.165, 1.54) is 58.2 Å². The Hall–Kier alpha value is -0.0800. The van der Waals surface area contributed by atoms with E-state index in [-0.39, 0.29) is 0 Å². The first-order valence-corrected chi connectivity index (χ1v) is 5.84. The lowest BCUT2D eigenvalue weighted by molar-refractivity contribution is 0.211. The average Bonchev–Trinajstić information content (AvgIpc) is 2.61. The van der Waals surface area contributed by atoms with Gasteiger partial charge in [-0.15, -0.1) is 0 Å². The predicted molar refractivity (Wildman–Crippen MR) is 55.6 cm³/mol. The molecule has 1 aliphatic carbocycles. The highest BCUT2D eigenvalue weighted by atomic mass is 15.1. The second kappa shape index (κ2) is 4.43. The maximum absolute atomic E-state index is 6.13. The standard InChI is InChI=1S/C11H22N2/c12-11-6-2-1-5-10(11)9-13-7-3-4-8-13/h10-11H,1-9,12H2. The van der Waals surface area contributed by atoms with Gasteiger partial charge in [0.2, 0.25) is 0 Å². The molecule has 0 aromatic rings. The highest BCUT2D eigenvalue weighted by Gasteiger charge is 2.24. The molecule has 0 amide bonds. The minimum atomic E-state index is 0.495. The maximum Gasteiger partial charge on any atom is 0.00793 e. The van der Waals surface area contributed by atoms with Crippen molar-refractivity contribution in [3.8, 4) is 0 Å². The van der Waals surface area contributed by atoms with Gasteiger partial charge in [0.15, 0.2) is 0 Å². The Kier molecular flexibility index (Phi) is 3.23. The molecular formula is C11H22N2. The molecule has 0 spiro atoms. The van der Waals surface area contributed by atoms with Crippen molar-refractivity contribution in [2.24, 2.45) is 11.7 Å². The van der Waals surface area contributed by atoms with Crippen LogP contribution < -0.4 is 5.73 Å². The lowest BCUT2D eigenvalue weighted by Gasteiger charge is -2.31. The first-order chi connectivity index (χ1) is 6.36. The fourth-order valence-corrected chi connectivity index (χ4v) is 2.76. The summed E-state index contributed by atoms with van der Waals surface area (Å²) in [7, 11) is 0. The Morgan fingerprint density at radius 1 is 1.00 bits per heavy atom. The predicted octanol–water partition coefficient (Wildman–Crippen LogP) is 1.60. The van der Waals surface area contributed by atoms with Crippen LogP contribution in [-0.2, 0) is 0 Å². The summed E-state index contributed by atoms with van der Waals surface area (Å²) < 4.78 is 0. The topological polar surface area (TPSA) is 29.3 Å². The van der Waals surface area contributed by atoms with Gasteiger partial charge in [-0.2, -0.15) is 0 Å². The van der Waals surface area contributed by atoms with E-state index in [0.29, 0.717) is 6.04 Å². The molecule has 2 atom stereocenters. The average molecular weight is 182 g/mol. The van der Waals surface area contributed by atoms with Crippen molar-refractivity contribution in [3.63, 3.8) is 0 Å². The van der Waals surface area contributed by atoms with Crippen LogP contribution in [0.5, 0.6) is 0 Å². The van der Waals surface area contributed by atoms with Crippen molar-refractivity contribution in [1.82, 2.24) is 4.90 Å². The summed E-state index contributed by atoms with van der Waals surface area (Å²) >= 11 is 0. The van der Waals surface area contributed by atoms with Crippen LogP contribution in [0.1, 0.15) is 38.5 Å². The normalized spacial score (nSPS) is 36.7. The van der Waals surface area contributed by atoms with Gasteiger partial charge >= 0.3 is 0 Å². The monoisotopic (exact) mass is 182 g/mol. The molecule has 1 saturated heterocycles. The number of nitrogens with two attached hydrogens (primary N) is 1. The number of likely N-dealkylation sites (tertiary alicyclic amines) is 1. The molecule has 76 valence electrons. The number of rotatable bonds is 2. The van der Waals surface area contributed by atoms with E-state index in [0.717, 1.165) is 5.92 Å². The molecule has 2 aliphatic rings. The van der Waals surface area contributed by atoms with Gasteiger partial charge in [0.05, 0.1) is 0 Å². The van der Waals surface area contributed by atoms with Gasteiger partial charge < -0.3 is 10.6 Å². The van der Waals surface area contributed by atoms with E-state index in [2.05, 4.69) is 4.90 Å². The summed E-state index contributed by atoms with van der Waals surface area (Å²) in [5.41, 5.74) is 6.13. The Bertz CT molecular complexity index is 152. The molecule has 2 unspecified atom stereocenters. The third-order valence-corrected chi connectivity index (χ3v) is 3.66. The van der Waals surface area contributed by atoms with Gasteiger partial charge in [-0.05, 0) is 44.7 Å². The van der Waals surface area contributed by atoms with E-state index in [9.17, 15) is 0 Å². The maximum atomic E-state index is 6.13. The van der Waals surface area contributed by atoms with Gasteiger partial charge in [-0.3, -0.25) is 0 Å². The van der Waals surface area contributed by atoms with Gasteiger partial charge in [-0.1, -0.05) is 12.8 Å². The molecule has 1 heterocycles. The Morgan fingerprint density at radius 2 is 1.69 bits per heavy atom. The highest BCUT2D eigenvalue weighted by Crippen LogP contribution is 2.24. The van der Waals surface area contributed by atoms with Crippen LogP contribution in [0.25, 0.3) is 0 Å². The Labute approximate surface area is 81.5 Å². The highest BCUT2D eigenvalue weighted by molar-refractivity contribution is 4.81. The van der Waals surface area contributed by atoms with E-state index in [1.54, 1.807) is 0 Å². The Morgan fingerprint density at radius 3 is 2.38 bits per heavy atom. The minimum Gasteiger partial charge on any atom is -0.327 e. The zero-order valence-electron chi connectivity index (χ0n) is 8.54. The lowest BCUT2D eigenvalue weighted by atomic mass is 9.85. The molecule has 0 aromatic carbocycles. The van der Waals surface area contributed by atoms with Crippen LogP contribution in [0.2, 0.25) is 0 Å². The zero-order chi connectivity index (χ0) is 9.10. The molecule has 1 aliphatic heterocycles. The fraction of sp³-hybridized carbons (Fsp3) is 1.00. The van der Waals surface area contributed by atoms with Crippen LogP contribution in [0, 0.1) is 5.92 Å². The van der Waals surface area contributed by atoms with Crippen molar-refractivity contribution in [3.05, 3.63) is 0 Å². The Balaban J connectivity index is 1.78. The zero-order valence-corrected chi connectivity index (χ0v) is 8.54. The smallest absolute Gasteiger partial charge is 0.00793 e. The van der Waals surface area contributed by atoms with Crippen molar-refractivity contribution in [2.75, 3.05) is 19.6 Å². The first-order valence-electron chi connectivity index (χ1n) is 5.84. The van der Waals surface area contributed by atoms with Crippen LogP contribution in [0.3, 0.4) is 0 Å². The van der Waals surface area contributed by atoms with Gasteiger partial charge in [0, 0.05) is 12.6 Å². The molecule has 1 saturated carbocycles. The lowest BCUT2D eigenvalue weighted by Crippen LogP contribution is -2.40. The van der Waals surface area contributed by atoms with E-state index in [1.807, 2.05) is 0 Å². The summed E-state index contributed by atoms with van der Waals surface area (Å²) in [6, 6.07) is 0.495. The second-order valence-corrected chi connectivity index (χ2v) is 4.72. The number of hydrogen-bond donors (Lipinski definition) is 1. The molecule has 13 heavy (non-hydrogen) atoms. The van der Waals surface area contributed by atoms with Crippen molar-refractivity contribution >= 4 is 0 Å². The van der Waals surface area contributed by atoms with E-state index in [4.69, 9.17) is 5.73 Å². The van der Waals surface area contributed by atoms with Gasteiger partial charge in [0.25, 0.3) is 0 Å². The quantitative estimate of drug-likeness (QED) is 0.703. The summed E-state index contributed by atoms with van der Waals surface area (Å²) in [5.74, 6) is 0.798. The third-order valence-electron chi connectivity index (χ3n) is 3.66. The molecule has 0 bridgehead atoms. The van der Waals surface area contributed by atoms with Crippen molar-refractivity contribution in [1.29, 1.82) is 0 Å². The molecule has 2 nitrogen and oxygen atoms in total. The number of hydrogen-bond acceptors (Lipinski definition) is 2. The SMILES string of the molecule is NC1CCCCC1CN1CCCC1. The first kappa shape index (κ1) is 9.47. The molecule has 0 aromatic heterocycles. The molecule has 2 heteroatoms. The molecule has 2 fully saturated rings.